The average molecular weight is 841 g/mol. The number of rotatable bonds is 18. The Bertz CT molecular complexity index is 2190. The summed E-state index contributed by atoms with van der Waals surface area (Å²) in [5.74, 6) is -8.08. The molecule has 1 aliphatic carbocycles. The molecule has 0 heterocycles. The van der Waals surface area contributed by atoms with Crippen molar-refractivity contribution in [2.75, 3.05) is 26.4 Å². The highest BCUT2D eigenvalue weighted by Gasteiger charge is 2.51. The Morgan fingerprint density at radius 1 is 0.576 bits per heavy atom. The molecule has 0 spiro atoms. The van der Waals surface area contributed by atoms with E-state index in [9.17, 15) is 35.9 Å². The first-order valence-corrected chi connectivity index (χ1v) is 17.8. The van der Waals surface area contributed by atoms with Crippen molar-refractivity contribution in [1.82, 2.24) is 0 Å². The van der Waals surface area contributed by atoms with Gasteiger partial charge in [0.2, 0.25) is 0 Å². The number of hydrogen-bond acceptors (Lipinski definition) is 7. The minimum atomic E-state index is -5.97. The second kappa shape index (κ2) is 18.3. The van der Waals surface area contributed by atoms with E-state index in [2.05, 4.69) is 22.6 Å². The van der Waals surface area contributed by atoms with Crippen LogP contribution in [0.3, 0.4) is 0 Å². The van der Waals surface area contributed by atoms with Crippen molar-refractivity contribution in [3.63, 3.8) is 0 Å². The third-order valence-corrected chi connectivity index (χ3v) is 8.88. The number of hydrogen-bond donors (Lipinski definition) is 0. The maximum atomic E-state index is 15.5. The molecule has 314 valence electrons. The lowest BCUT2D eigenvalue weighted by Gasteiger charge is -2.25. The summed E-state index contributed by atoms with van der Waals surface area (Å²) >= 11 is 0. The molecule has 0 aliphatic heterocycles. The van der Waals surface area contributed by atoms with Gasteiger partial charge in [-0.15, -0.1) is 0 Å². The summed E-state index contributed by atoms with van der Waals surface area (Å²) in [7, 11) is 0. The van der Waals surface area contributed by atoms with Crippen molar-refractivity contribution >= 4 is 11.9 Å². The molecule has 0 saturated heterocycles. The van der Waals surface area contributed by atoms with Crippen LogP contribution in [-0.4, -0.2) is 38.4 Å². The Morgan fingerprint density at radius 3 is 1.63 bits per heavy atom. The minimum absolute atomic E-state index is 0.0376. The van der Waals surface area contributed by atoms with Gasteiger partial charge in [0.15, 0.2) is 0 Å². The van der Waals surface area contributed by atoms with Gasteiger partial charge in [0.25, 0.3) is 0 Å². The summed E-state index contributed by atoms with van der Waals surface area (Å²) in [5.41, 5.74) is -4.14. The molecule has 0 fully saturated rings. The van der Waals surface area contributed by atoms with Gasteiger partial charge in [-0.25, -0.2) is 18.4 Å². The van der Waals surface area contributed by atoms with E-state index >= 15 is 17.6 Å². The molecule has 0 atom stereocenters. The van der Waals surface area contributed by atoms with Gasteiger partial charge in [-0.05, 0) is 102 Å². The van der Waals surface area contributed by atoms with Gasteiger partial charge >= 0.3 is 30.4 Å². The van der Waals surface area contributed by atoms with E-state index in [1.54, 1.807) is 18.2 Å². The molecule has 0 saturated carbocycles. The number of esters is 2. The molecule has 5 rings (SSSR count). The predicted molar refractivity (Wildman–Crippen MR) is 193 cm³/mol. The zero-order valence-electron chi connectivity index (χ0n) is 30.8. The highest BCUT2D eigenvalue weighted by atomic mass is 19.4. The maximum Gasteiger partial charge on any atom is 0.432 e. The highest BCUT2D eigenvalue weighted by Crippen LogP contribution is 2.51. The molecule has 0 aromatic heterocycles. The first-order valence-electron chi connectivity index (χ1n) is 17.8. The Balaban J connectivity index is 1.33. The van der Waals surface area contributed by atoms with E-state index in [1.165, 1.54) is 6.07 Å². The van der Waals surface area contributed by atoms with E-state index in [4.69, 9.17) is 14.2 Å². The van der Waals surface area contributed by atoms with Crippen molar-refractivity contribution < 1.29 is 77.2 Å². The monoisotopic (exact) mass is 840 g/mol. The van der Waals surface area contributed by atoms with E-state index in [0.717, 1.165) is 34.4 Å². The fourth-order valence-corrected chi connectivity index (χ4v) is 6.24. The van der Waals surface area contributed by atoms with Gasteiger partial charge in [-0.2, -0.15) is 35.1 Å². The zero-order chi connectivity index (χ0) is 43.1. The van der Waals surface area contributed by atoms with Gasteiger partial charge in [0.1, 0.15) is 45.6 Å². The lowest BCUT2D eigenvalue weighted by Crippen LogP contribution is -2.28. The topological polar surface area (TPSA) is 80.3 Å². The Hall–Kier alpha value is -6.00. The summed E-state index contributed by atoms with van der Waals surface area (Å²) in [5, 5.41) is 0. The van der Waals surface area contributed by atoms with Crippen LogP contribution in [0.1, 0.15) is 53.5 Å². The molecule has 4 aromatic carbocycles. The number of halogens is 10. The zero-order valence-corrected chi connectivity index (χ0v) is 30.8. The highest BCUT2D eigenvalue weighted by molar-refractivity contribution is 5.82. The molecular weight excluding hydrogens is 806 g/mol. The van der Waals surface area contributed by atoms with E-state index < -0.39 is 76.8 Å². The van der Waals surface area contributed by atoms with Gasteiger partial charge in [0, 0.05) is 12.2 Å². The molecule has 0 amide bonds. The smallest absolute Gasteiger partial charge is 0.432 e. The third-order valence-electron chi connectivity index (χ3n) is 8.88. The van der Waals surface area contributed by atoms with Crippen LogP contribution in [0.2, 0.25) is 0 Å². The fraction of sp³-hybridized carbons (Fsp3) is 0.286. The molecule has 0 radical (unpaired) electrons. The van der Waals surface area contributed by atoms with Crippen LogP contribution in [0.4, 0.5) is 43.9 Å². The van der Waals surface area contributed by atoms with Crippen LogP contribution in [0.25, 0.3) is 22.3 Å². The molecular formula is C42H34F10O7. The second-order valence-corrected chi connectivity index (χ2v) is 13.0. The van der Waals surface area contributed by atoms with Crippen molar-refractivity contribution in [3.8, 4) is 39.5 Å². The molecule has 0 bridgehead atoms. The molecule has 4 aromatic rings. The van der Waals surface area contributed by atoms with Crippen LogP contribution in [-0.2, 0) is 43.9 Å². The van der Waals surface area contributed by atoms with Gasteiger partial charge in [0.05, 0.1) is 26.4 Å². The number of benzene rings is 4. The number of carbonyl (C=O) groups is 2. The minimum Gasteiger partial charge on any atom is -0.494 e. The average Bonchev–Trinajstić information content (AvgIpc) is 3.53. The van der Waals surface area contributed by atoms with Crippen LogP contribution in [0, 0.1) is 11.6 Å². The second-order valence-electron chi connectivity index (χ2n) is 13.0. The Morgan fingerprint density at radius 2 is 1.07 bits per heavy atom. The van der Waals surface area contributed by atoms with Gasteiger partial charge < -0.3 is 23.7 Å². The lowest BCUT2D eigenvalue weighted by molar-refractivity contribution is -0.198. The van der Waals surface area contributed by atoms with Crippen LogP contribution < -0.4 is 14.2 Å². The van der Waals surface area contributed by atoms with E-state index in [1.807, 2.05) is 12.1 Å². The Labute approximate surface area is 330 Å². The van der Waals surface area contributed by atoms with Crippen molar-refractivity contribution in [2.24, 2.45) is 0 Å². The molecule has 7 nitrogen and oxygen atoms in total. The van der Waals surface area contributed by atoms with E-state index in [0.29, 0.717) is 49.8 Å². The summed E-state index contributed by atoms with van der Waals surface area (Å²) < 4.78 is 171. The predicted octanol–water partition coefficient (Wildman–Crippen LogP) is 11.1. The third kappa shape index (κ3) is 10.7. The quantitative estimate of drug-likeness (QED) is 0.0376. The van der Waals surface area contributed by atoms with Crippen molar-refractivity contribution in [3.05, 3.63) is 125 Å². The largest absolute Gasteiger partial charge is 0.494 e. The normalized spacial score (nSPS) is 12.3. The molecule has 17 heteroatoms. The van der Waals surface area contributed by atoms with Crippen LogP contribution in [0.5, 0.6) is 17.2 Å². The lowest BCUT2D eigenvalue weighted by atomic mass is 9.97. The Kier molecular flexibility index (Phi) is 13.7. The summed E-state index contributed by atoms with van der Waals surface area (Å²) in [4.78, 5) is 22.2. The SMILES string of the molecule is C=CC(=O)OCCCCOc1ccc2c(c1)Cc1cc(-c3cc(F)c(C(F)(F)Oc4ccc(OCCCCOC(=O)C=C)c(C(F)(F)F)c4C(F)(F)F)c(F)c3)ccc1-2. The maximum absolute atomic E-state index is 15.5. The van der Waals surface area contributed by atoms with Gasteiger partial charge in [-0.3, -0.25) is 0 Å². The number of carbonyl (C=O) groups excluding carboxylic acids is 2. The number of unbranched alkanes of at least 4 members (excludes halogenated alkanes) is 2. The first-order chi connectivity index (χ1) is 27.8. The number of alkyl halides is 8. The first kappa shape index (κ1) is 44.1. The fourth-order valence-electron chi connectivity index (χ4n) is 6.24. The van der Waals surface area contributed by atoms with Gasteiger partial charge in [-0.1, -0.05) is 37.4 Å². The van der Waals surface area contributed by atoms with Crippen LogP contribution >= 0.6 is 0 Å². The molecule has 1 aliphatic rings. The number of fused-ring (bicyclic) bond motifs is 3. The number of ether oxygens (including phenoxy) is 5. The summed E-state index contributed by atoms with van der Waals surface area (Å²) in [6, 6.07) is 11.6. The summed E-state index contributed by atoms with van der Waals surface area (Å²) in [6.07, 6.45) is -13.6. The van der Waals surface area contributed by atoms with Crippen LogP contribution in [0.15, 0.2) is 86.0 Å². The molecule has 0 N–H and O–H groups in total. The standard InChI is InChI=1S/C42H34F10O7/c1-3-35(53)57-17-7-5-15-55-28-10-12-30-27(21-28)20-26-19-24(9-11-29(26)30)25-22-31(43)37(32(44)23-25)42(51,52)59-34-14-13-33(56-16-6-8-18-58-36(54)4-2)38(40(45,46)47)39(34)41(48,49)50/h3-4,9-14,19,21-23H,1-2,5-8,15-18,20H2. The summed E-state index contributed by atoms with van der Waals surface area (Å²) in [6.45, 7) is 6.25. The van der Waals surface area contributed by atoms with Crippen molar-refractivity contribution in [1.29, 1.82) is 0 Å². The van der Waals surface area contributed by atoms with E-state index in [-0.39, 0.29) is 43.2 Å². The van der Waals surface area contributed by atoms with Crippen molar-refractivity contribution in [2.45, 2.75) is 50.6 Å². The molecule has 0 unspecified atom stereocenters. The molecule has 59 heavy (non-hydrogen) atoms.